The quantitative estimate of drug-likeness (QED) is 0.775. The van der Waals surface area contributed by atoms with Crippen molar-refractivity contribution >= 4 is 11.5 Å². The predicted octanol–water partition coefficient (Wildman–Crippen LogP) is 2.77. The average molecular weight is 294 g/mol. The van der Waals surface area contributed by atoms with Gasteiger partial charge in [0.25, 0.3) is 0 Å². The first-order valence-electron chi connectivity index (χ1n) is 6.99. The fourth-order valence-electron chi connectivity index (χ4n) is 2.42. The summed E-state index contributed by atoms with van der Waals surface area (Å²) in [6, 6.07) is 17.8. The van der Waals surface area contributed by atoms with Crippen molar-refractivity contribution in [1.29, 1.82) is 0 Å². The number of hydrogen-bond donors (Lipinski definition) is 2. The second-order valence-corrected chi connectivity index (χ2v) is 5.02. The molecule has 0 bridgehead atoms. The number of anilines is 2. The van der Waals surface area contributed by atoms with E-state index in [9.17, 15) is 0 Å². The summed E-state index contributed by atoms with van der Waals surface area (Å²) in [6.07, 6.45) is 0. The van der Waals surface area contributed by atoms with Crippen LogP contribution in [0.3, 0.4) is 0 Å². The van der Waals surface area contributed by atoms with Crippen LogP contribution in [-0.2, 0) is 6.54 Å². The SMILES string of the molecule is COc1ccc(-c2c(N)c(N)nn2Cc2ccccc2)cc1. The Morgan fingerprint density at radius 3 is 2.32 bits per heavy atom. The molecule has 2 aromatic carbocycles. The first-order valence-corrected chi connectivity index (χ1v) is 6.99. The Morgan fingerprint density at radius 2 is 1.68 bits per heavy atom. The third-order valence-corrected chi connectivity index (χ3v) is 3.56. The van der Waals surface area contributed by atoms with E-state index in [4.69, 9.17) is 16.2 Å². The molecule has 5 nitrogen and oxygen atoms in total. The number of benzene rings is 2. The van der Waals surface area contributed by atoms with Crippen molar-refractivity contribution in [3.8, 4) is 17.0 Å². The minimum Gasteiger partial charge on any atom is -0.497 e. The fourth-order valence-corrected chi connectivity index (χ4v) is 2.42. The van der Waals surface area contributed by atoms with E-state index in [0.717, 1.165) is 22.6 Å². The smallest absolute Gasteiger partial charge is 0.169 e. The van der Waals surface area contributed by atoms with Gasteiger partial charge in [-0.2, -0.15) is 5.10 Å². The zero-order valence-corrected chi connectivity index (χ0v) is 12.4. The largest absolute Gasteiger partial charge is 0.497 e. The normalized spacial score (nSPS) is 10.6. The lowest BCUT2D eigenvalue weighted by Gasteiger charge is -2.09. The molecule has 0 fully saturated rings. The molecule has 112 valence electrons. The molecule has 0 radical (unpaired) electrons. The van der Waals surface area contributed by atoms with E-state index in [2.05, 4.69) is 5.10 Å². The molecule has 0 aliphatic carbocycles. The van der Waals surface area contributed by atoms with Gasteiger partial charge in [-0.25, -0.2) is 0 Å². The number of rotatable bonds is 4. The maximum Gasteiger partial charge on any atom is 0.169 e. The Morgan fingerprint density at radius 1 is 1.00 bits per heavy atom. The first kappa shape index (κ1) is 14.0. The summed E-state index contributed by atoms with van der Waals surface area (Å²) in [7, 11) is 1.64. The molecular weight excluding hydrogens is 276 g/mol. The number of nitrogens with zero attached hydrogens (tertiary/aromatic N) is 2. The molecule has 1 heterocycles. The second-order valence-electron chi connectivity index (χ2n) is 5.02. The number of ether oxygens (including phenoxy) is 1. The zero-order valence-electron chi connectivity index (χ0n) is 12.4. The van der Waals surface area contributed by atoms with Crippen molar-refractivity contribution in [2.24, 2.45) is 0 Å². The van der Waals surface area contributed by atoms with E-state index in [1.54, 1.807) is 7.11 Å². The fraction of sp³-hybridized carbons (Fsp3) is 0.118. The molecule has 0 atom stereocenters. The lowest BCUT2D eigenvalue weighted by molar-refractivity contribution is 0.415. The molecule has 0 aliphatic rings. The van der Waals surface area contributed by atoms with Crippen LogP contribution >= 0.6 is 0 Å². The topological polar surface area (TPSA) is 79.1 Å². The van der Waals surface area contributed by atoms with Crippen molar-refractivity contribution in [2.75, 3.05) is 18.6 Å². The van der Waals surface area contributed by atoms with Gasteiger partial charge in [0.2, 0.25) is 0 Å². The molecule has 0 aliphatic heterocycles. The minimum atomic E-state index is 0.349. The number of nitrogen functional groups attached to an aromatic ring is 2. The molecule has 0 amide bonds. The number of aromatic nitrogens is 2. The van der Waals surface area contributed by atoms with Crippen molar-refractivity contribution in [3.05, 3.63) is 60.2 Å². The lowest BCUT2D eigenvalue weighted by atomic mass is 10.1. The van der Waals surface area contributed by atoms with Crippen LogP contribution in [0.25, 0.3) is 11.3 Å². The van der Waals surface area contributed by atoms with Gasteiger partial charge in [0.15, 0.2) is 5.82 Å². The van der Waals surface area contributed by atoms with E-state index in [0.29, 0.717) is 18.1 Å². The van der Waals surface area contributed by atoms with E-state index < -0.39 is 0 Å². The van der Waals surface area contributed by atoms with Crippen LogP contribution in [0, 0.1) is 0 Å². The minimum absolute atomic E-state index is 0.349. The van der Waals surface area contributed by atoms with Crippen LogP contribution in [0.15, 0.2) is 54.6 Å². The van der Waals surface area contributed by atoms with Crippen molar-refractivity contribution in [3.63, 3.8) is 0 Å². The molecular formula is C17H18N4O. The van der Waals surface area contributed by atoms with Gasteiger partial charge in [-0.1, -0.05) is 30.3 Å². The summed E-state index contributed by atoms with van der Waals surface area (Å²) in [5.74, 6) is 1.14. The van der Waals surface area contributed by atoms with Crippen LogP contribution in [0.4, 0.5) is 11.5 Å². The van der Waals surface area contributed by atoms with Gasteiger partial charge in [0, 0.05) is 5.56 Å². The molecule has 5 heteroatoms. The Kier molecular flexibility index (Phi) is 3.70. The molecule has 0 spiro atoms. The molecule has 3 rings (SSSR count). The van der Waals surface area contributed by atoms with Gasteiger partial charge in [-0.05, 0) is 29.8 Å². The highest BCUT2D eigenvalue weighted by molar-refractivity contribution is 5.80. The van der Waals surface area contributed by atoms with Crippen LogP contribution in [0.2, 0.25) is 0 Å². The molecule has 3 aromatic rings. The number of hydrogen-bond acceptors (Lipinski definition) is 4. The van der Waals surface area contributed by atoms with Gasteiger partial charge in [-0.15, -0.1) is 0 Å². The Balaban J connectivity index is 2.02. The van der Waals surface area contributed by atoms with Gasteiger partial charge in [-0.3, -0.25) is 4.68 Å². The summed E-state index contributed by atoms with van der Waals surface area (Å²) in [5.41, 5.74) is 15.4. The highest BCUT2D eigenvalue weighted by atomic mass is 16.5. The average Bonchev–Trinajstić information content (AvgIpc) is 2.83. The van der Waals surface area contributed by atoms with Gasteiger partial charge in [0.05, 0.1) is 19.3 Å². The maximum absolute atomic E-state index is 6.12. The number of methoxy groups -OCH3 is 1. The molecule has 1 aromatic heterocycles. The Bertz CT molecular complexity index is 763. The molecule has 0 unspecified atom stereocenters. The van der Waals surface area contributed by atoms with Gasteiger partial charge < -0.3 is 16.2 Å². The van der Waals surface area contributed by atoms with E-state index in [1.807, 2.05) is 59.3 Å². The van der Waals surface area contributed by atoms with E-state index >= 15 is 0 Å². The van der Waals surface area contributed by atoms with Crippen molar-refractivity contribution in [1.82, 2.24) is 9.78 Å². The molecule has 0 saturated heterocycles. The third kappa shape index (κ3) is 2.61. The van der Waals surface area contributed by atoms with Crippen LogP contribution in [0.1, 0.15) is 5.56 Å². The van der Waals surface area contributed by atoms with Gasteiger partial charge in [0.1, 0.15) is 11.4 Å². The van der Waals surface area contributed by atoms with Crippen molar-refractivity contribution < 1.29 is 4.74 Å². The third-order valence-electron chi connectivity index (χ3n) is 3.56. The molecule has 4 N–H and O–H groups in total. The van der Waals surface area contributed by atoms with Gasteiger partial charge >= 0.3 is 0 Å². The summed E-state index contributed by atoms with van der Waals surface area (Å²) in [6.45, 7) is 0.615. The highest BCUT2D eigenvalue weighted by Gasteiger charge is 2.15. The first-order chi connectivity index (χ1) is 10.7. The van der Waals surface area contributed by atoms with E-state index in [1.165, 1.54) is 0 Å². The van der Waals surface area contributed by atoms with Crippen LogP contribution in [0.5, 0.6) is 5.75 Å². The second kappa shape index (κ2) is 5.81. The van der Waals surface area contributed by atoms with Crippen LogP contribution in [-0.4, -0.2) is 16.9 Å². The highest BCUT2D eigenvalue weighted by Crippen LogP contribution is 2.31. The monoisotopic (exact) mass is 294 g/mol. The summed E-state index contributed by atoms with van der Waals surface area (Å²) in [4.78, 5) is 0. The summed E-state index contributed by atoms with van der Waals surface area (Å²) < 4.78 is 7.02. The van der Waals surface area contributed by atoms with Crippen LogP contribution < -0.4 is 16.2 Å². The summed E-state index contributed by atoms with van der Waals surface area (Å²) in [5, 5.41) is 4.36. The Labute approximate surface area is 129 Å². The number of nitrogens with two attached hydrogens (primary N) is 2. The molecule has 0 saturated carbocycles. The summed E-state index contributed by atoms with van der Waals surface area (Å²) >= 11 is 0. The molecule has 22 heavy (non-hydrogen) atoms. The standard InChI is InChI=1S/C17H18N4O/c1-22-14-9-7-13(8-10-14)16-15(18)17(19)20-21(16)11-12-5-3-2-4-6-12/h2-10H,11,18H2,1H3,(H2,19,20). The Hall–Kier alpha value is -2.95. The maximum atomic E-state index is 6.12. The zero-order chi connectivity index (χ0) is 15.5. The van der Waals surface area contributed by atoms with Crippen molar-refractivity contribution in [2.45, 2.75) is 6.54 Å². The predicted molar refractivity (Wildman–Crippen MR) is 88.6 cm³/mol. The lowest BCUT2D eigenvalue weighted by Crippen LogP contribution is -2.04. The van der Waals surface area contributed by atoms with E-state index in [-0.39, 0.29) is 0 Å².